The average Bonchev–Trinajstić information content (AvgIpc) is 2.98. The number of nitrogen functional groups attached to an aromatic ring is 1. The second kappa shape index (κ2) is 8.23. The highest BCUT2D eigenvalue weighted by Crippen LogP contribution is 2.32. The molecule has 5 heterocycles. The van der Waals surface area contributed by atoms with Gasteiger partial charge in [-0.1, -0.05) is 6.07 Å². The first kappa shape index (κ1) is 20.8. The molecule has 0 saturated carbocycles. The van der Waals surface area contributed by atoms with Crippen molar-refractivity contribution >= 4 is 39.0 Å². The first-order chi connectivity index (χ1) is 16.0. The van der Waals surface area contributed by atoms with Crippen molar-refractivity contribution in [2.75, 3.05) is 36.9 Å². The summed E-state index contributed by atoms with van der Waals surface area (Å²) in [4.78, 5) is 25.5. The van der Waals surface area contributed by atoms with Crippen LogP contribution in [0.3, 0.4) is 0 Å². The van der Waals surface area contributed by atoms with Crippen molar-refractivity contribution in [3.05, 3.63) is 46.1 Å². The Labute approximate surface area is 196 Å². The van der Waals surface area contributed by atoms with Gasteiger partial charge in [0.05, 0.1) is 30.1 Å². The third-order valence-corrected chi connectivity index (χ3v) is 8.06. The van der Waals surface area contributed by atoms with E-state index in [9.17, 15) is 4.79 Å². The maximum atomic E-state index is 13.0. The van der Waals surface area contributed by atoms with Crippen LogP contribution in [0, 0.1) is 6.92 Å². The van der Waals surface area contributed by atoms with E-state index < -0.39 is 0 Å². The third-order valence-electron chi connectivity index (χ3n) is 6.97. The molecule has 1 aliphatic carbocycles. The lowest BCUT2D eigenvalue weighted by molar-refractivity contribution is 0.0391. The summed E-state index contributed by atoms with van der Waals surface area (Å²) in [5.74, 6) is -0.131. The minimum Gasteiger partial charge on any atom is -0.396 e. The number of nitrogens with zero attached hydrogens (tertiary/aromatic N) is 3. The molecule has 2 unspecified atom stereocenters. The lowest BCUT2D eigenvalue weighted by Crippen LogP contribution is -2.49. The van der Waals surface area contributed by atoms with Crippen LogP contribution in [0.2, 0.25) is 0 Å². The van der Waals surface area contributed by atoms with E-state index in [2.05, 4.69) is 43.7 Å². The standard InChI is InChI=1S/C24H28N6O2S/c1-13-8-27-21-20(25)22(33-24(21)28-13)23(31)29-16-4-2-15-7-17(5-3-14(15)6-16)30-11-19-10-26-9-18(30)12-32-19/h3,5,7-8,16,18-19,26H,2,4,6,9-12,25H2,1H3,(H,29,31)/t16-,18?,19?/m0/s1. The number of amides is 1. The fourth-order valence-corrected chi connectivity index (χ4v) is 6.21. The number of nitrogens with two attached hydrogens (primary N) is 1. The van der Waals surface area contributed by atoms with Crippen molar-refractivity contribution < 1.29 is 9.53 Å². The number of hydrogen-bond acceptors (Lipinski definition) is 8. The molecule has 3 atom stereocenters. The molecule has 9 heteroatoms. The number of nitrogens with one attached hydrogen (secondary N) is 2. The highest BCUT2D eigenvalue weighted by atomic mass is 32.1. The van der Waals surface area contributed by atoms with Crippen molar-refractivity contribution in [3.8, 4) is 0 Å². The second-order valence-corrected chi connectivity index (χ2v) is 10.3. The Bertz CT molecular complexity index is 1220. The molecule has 2 aromatic heterocycles. The summed E-state index contributed by atoms with van der Waals surface area (Å²) in [6, 6.07) is 7.29. The van der Waals surface area contributed by atoms with Crippen molar-refractivity contribution in [1.29, 1.82) is 0 Å². The molecular weight excluding hydrogens is 436 g/mol. The molecule has 0 spiro atoms. The monoisotopic (exact) mass is 464 g/mol. The number of aryl methyl sites for hydroxylation is 2. The van der Waals surface area contributed by atoms with Crippen LogP contribution in [0.25, 0.3) is 10.3 Å². The molecule has 3 fully saturated rings. The van der Waals surface area contributed by atoms with Crippen LogP contribution in [0.15, 0.2) is 24.4 Å². The molecule has 4 aliphatic rings. The Morgan fingerprint density at radius 2 is 2.24 bits per heavy atom. The molecular formula is C24H28N6O2S. The summed E-state index contributed by atoms with van der Waals surface area (Å²) < 4.78 is 5.93. The molecule has 3 aromatic rings. The summed E-state index contributed by atoms with van der Waals surface area (Å²) in [5, 5.41) is 6.70. The number of aromatic nitrogens is 2. The summed E-state index contributed by atoms with van der Waals surface area (Å²) in [6.45, 7) is 5.50. The number of carbonyl (C=O) groups excluding carboxylic acids is 1. The molecule has 8 nitrogen and oxygen atoms in total. The minimum atomic E-state index is -0.131. The van der Waals surface area contributed by atoms with Gasteiger partial charge in [0.1, 0.15) is 15.2 Å². The van der Waals surface area contributed by atoms with E-state index in [1.54, 1.807) is 6.20 Å². The van der Waals surface area contributed by atoms with Gasteiger partial charge in [-0.3, -0.25) is 4.79 Å². The molecule has 172 valence electrons. The van der Waals surface area contributed by atoms with Crippen LogP contribution in [0.1, 0.15) is 32.9 Å². The van der Waals surface area contributed by atoms with Gasteiger partial charge < -0.3 is 26.0 Å². The summed E-state index contributed by atoms with van der Waals surface area (Å²) in [5.41, 5.74) is 12.1. The quantitative estimate of drug-likeness (QED) is 0.545. The molecule has 3 aliphatic heterocycles. The number of hydrogen-bond donors (Lipinski definition) is 3. The van der Waals surface area contributed by atoms with Gasteiger partial charge in [0.15, 0.2) is 0 Å². The molecule has 1 aromatic carbocycles. The lowest BCUT2D eigenvalue weighted by Gasteiger charge is -2.38. The number of rotatable bonds is 3. The number of anilines is 2. The summed E-state index contributed by atoms with van der Waals surface area (Å²) >= 11 is 1.31. The molecule has 1 amide bonds. The predicted octanol–water partition coefficient (Wildman–Crippen LogP) is 2.05. The maximum Gasteiger partial charge on any atom is 0.263 e. The highest BCUT2D eigenvalue weighted by Gasteiger charge is 2.33. The van der Waals surface area contributed by atoms with E-state index in [1.165, 1.54) is 28.2 Å². The highest BCUT2D eigenvalue weighted by molar-refractivity contribution is 7.21. The van der Waals surface area contributed by atoms with Gasteiger partial charge >= 0.3 is 0 Å². The Kier molecular flexibility index (Phi) is 5.20. The van der Waals surface area contributed by atoms with Gasteiger partial charge in [-0.05, 0) is 49.4 Å². The van der Waals surface area contributed by atoms with Gasteiger partial charge in [-0.25, -0.2) is 9.97 Å². The number of thiophene rings is 1. The van der Waals surface area contributed by atoms with Crippen LogP contribution < -0.4 is 21.3 Å². The van der Waals surface area contributed by atoms with Crippen molar-refractivity contribution in [1.82, 2.24) is 20.6 Å². The van der Waals surface area contributed by atoms with Gasteiger partial charge in [-0.2, -0.15) is 0 Å². The zero-order chi connectivity index (χ0) is 22.5. The van der Waals surface area contributed by atoms with Crippen LogP contribution in [0.5, 0.6) is 0 Å². The number of carbonyl (C=O) groups is 1. The van der Waals surface area contributed by atoms with E-state index in [1.807, 2.05) is 6.92 Å². The van der Waals surface area contributed by atoms with Gasteiger partial charge in [-0.15, -0.1) is 11.3 Å². The molecule has 4 N–H and O–H groups in total. The molecule has 33 heavy (non-hydrogen) atoms. The van der Waals surface area contributed by atoms with Gasteiger partial charge in [0.25, 0.3) is 5.91 Å². The molecule has 3 saturated heterocycles. The van der Waals surface area contributed by atoms with Crippen molar-refractivity contribution in [2.45, 2.75) is 44.4 Å². The number of benzene rings is 1. The van der Waals surface area contributed by atoms with Crippen LogP contribution >= 0.6 is 11.3 Å². The average molecular weight is 465 g/mol. The lowest BCUT2D eigenvalue weighted by atomic mass is 9.87. The SMILES string of the molecule is Cc1cnc2c(N)c(C(=O)N[C@H]3CCc4cc(N5CC6CNCC5CO6)ccc4C3)sc2n1. The maximum absolute atomic E-state index is 13.0. The molecule has 7 rings (SSSR count). The summed E-state index contributed by atoms with van der Waals surface area (Å²) in [7, 11) is 0. The molecule has 0 radical (unpaired) electrons. The first-order valence-electron chi connectivity index (χ1n) is 11.6. The van der Waals surface area contributed by atoms with E-state index in [4.69, 9.17) is 10.5 Å². The number of ether oxygens (including phenoxy) is 1. The van der Waals surface area contributed by atoms with Crippen LogP contribution in [-0.4, -0.2) is 60.3 Å². The Morgan fingerprint density at radius 1 is 1.33 bits per heavy atom. The third kappa shape index (κ3) is 3.84. The van der Waals surface area contributed by atoms with Crippen molar-refractivity contribution in [3.63, 3.8) is 0 Å². The first-order valence-corrected chi connectivity index (χ1v) is 12.4. The molecule has 2 bridgehead atoms. The van der Waals surface area contributed by atoms with E-state index in [0.29, 0.717) is 27.0 Å². The normalized spacial score (nSPS) is 24.5. The fourth-order valence-electron chi connectivity index (χ4n) is 5.21. The zero-order valence-electron chi connectivity index (χ0n) is 18.6. The van der Waals surface area contributed by atoms with Crippen molar-refractivity contribution in [2.24, 2.45) is 0 Å². The topological polar surface area (TPSA) is 105 Å². The van der Waals surface area contributed by atoms with Crippen LogP contribution in [0.4, 0.5) is 11.4 Å². The smallest absolute Gasteiger partial charge is 0.263 e. The Morgan fingerprint density at radius 3 is 3.15 bits per heavy atom. The Balaban J connectivity index is 1.17. The van der Waals surface area contributed by atoms with E-state index >= 15 is 0 Å². The zero-order valence-corrected chi connectivity index (χ0v) is 19.5. The fraction of sp³-hybridized carbons (Fsp3) is 0.458. The number of fused-ring (bicyclic) bond motifs is 6. The van der Waals surface area contributed by atoms with Gasteiger partial charge in [0, 0.05) is 37.6 Å². The van der Waals surface area contributed by atoms with Crippen LogP contribution in [-0.2, 0) is 17.6 Å². The summed E-state index contributed by atoms with van der Waals surface area (Å²) in [6.07, 6.45) is 4.64. The second-order valence-electron chi connectivity index (χ2n) is 9.30. The Hall–Kier alpha value is -2.75. The van der Waals surface area contributed by atoms with E-state index in [-0.39, 0.29) is 18.1 Å². The van der Waals surface area contributed by atoms with E-state index in [0.717, 1.165) is 51.2 Å². The predicted molar refractivity (Wildman–Crippen MR) is 130 cm³/mol. The minimum absolute atomic E-state index is 0.0925. The number of morpholine rings is 1. The van der Waals surface area contributed by atoms with Gasteiger partial charge in [0.2, 0.25) is 0 Å². The largest absolute Gasteiger partial charge is 0.396 e.